The van der Waals surface area contributed by atoms with E-state index in [0.29, 0.717) is 22.9 Å². The molecule has 2 aromatic carbocycles. The van der Waals surface area contributed by atoms with Crippen molar-refractivity contribution in [2.24, 2.45) is 0 Å². The van der Waals surface area contributed by atoms with Gasteiger partial charge in [-0.25, -0.2) is 4.39 Å². The second kappa shape index (κ2) is 6.61. The number of fused-ring (bicyclic) bond motifs is 2. The van der Waals surface area contributed by atoms with Gasteiger partial charge in [0.15, 0.2) is 0 Å². The Morgan fingerprint density at radius 1 is 1.28 bits per heavy atom. The van der Waals surface area contributed by atoms with Gasteiger partial charge < -0.3 is 10.6 Å². The van der Waals surface area contributed by atoms with Crippen LogP contribution in [0.2, 0.25) is 0 Å². The second-order valence-electron chi connectivity index (χ2n) is 6.29. The highest BCUT2D eigenvalue weighted by molar-refractivity contribution is 6.06. The maximum Gasteiger partial charge on any atom is 0.252 e. The molecule has 3 aromatic rings. The monoisotopic (exact) mass is 335 g/mol. The molecule has 0 fully saturated rings. The molecule has 5 heteroatoms. The molecule has 0 aliphatic carbocycles. The Hall–Kier alpha value is -2.79. The first kappa shape index (κ1) is 15.7. The molecular weight excluding hydrogens is 317 g/mol. The number of rotatable bonds is 3. The number of hydrogen-bond donors (Lipinski definition) is 2. The van der Waals surface area contributed by atoms with Crippen molar-refractivity contribution in [3.8, 4) is 0 Å². The number of halogens is 1. The van der Waals surface area contributed by atoms with Crippen molar-refractivity contribution in [1.29, 1.82) is 0 Å². The average Bonchev–Trinajstić information content (AvgIpc) is 2.65. The Bertz CT molecular complexity index is 941. The van der Waals surface area contributed by atoms with E-state index in [1.54, 1.807) is 18.5 Å². The average molecular weight is 335 g/mol. The highest BCUT2D eigenvalue weighted by Crippen LogP contribution is 2.24. The van der Waals surface area contributed by atoms with Crippen LogP contribution in [-0.2, 0) is 6.54 Å². The van der Waals surface area contributed by atoms with Gasteiger partial charge in [-0.3, -0.25) is 9.78 Å². The van der Waals surface area contributed by atoms with E-state index >= 15 is 0 Å². The van der Waals surface area contributed by atoms with Crippen LogP contribution in [0.4, 0.5) is 4.39 Å². The summed E-state index contributed by atoms with van der Waals surface area (Å²) < 4.78 is 13.8. The smallest absolute Gasteiger partial charge is 0.252 e. The van der Waals surface area contributed by atoms with Gasteiger partial charge in [0.05, 0.1) is 5.56 Å². The summed E-state index contributed by atoms with van der Waals surface area (Å²) in [6.07, 6.45) is 3.19. The van der Waals surface area contributed by atoms with E-state index in [2.05, 4.69) is 27.8 Å². The molecule has 1 aliphatic rings. The van der Waals surface area contributed by atoms with Gasteiger partial charge in [-0.15, -0.1) is 0 Å². The molecule has 0 saturated heterocycles. The number of nitrogens with one attached hydrogen (secondary N) is 2. The topological polar surface area (TPSA) is 54.0 Å². The number of carbonyl (C=O) groups is 1. The summed E-state index contributed by atoms with van der Waals surface area (Å²) >= 11 is 0. The summed E-state index contributed by atoms with van der Waals surface area (Å²) in [6, 6.07) is 12.6. The van der Waals surface area contributed by atoms with E-state index in [9.17, 15) is 9.18 Å². The zero-order valence-electron chi connectivity index (χ0n) is 13.6. The van der Waals surface area contributed by atoms with Crippen molar-refractivity contribution < 1.29 is 9.18 Å². The standard InChI is InChI=1S/C20H18FN3O/c21-16-7-13-5-6-22-12-19(13)18(8-16)20(25)24-11-15-10-23-9-14-3-1-2-4-17(14)15/h1-8,12,15,23H,9-11H2,(H,24,25). The molecule has 1 amide bonds. The lowest BCUT2D eigenvalue weighted by Gasteiger charge is -2.26. The highest BCUT2D eigenvalue weighted by Gasteiger charge is 2.21. The van der Waals surface area contributed by atoms with Crippen molar-refractivity contribution in [2.45, 2.75) is 12.5 Å². The molecule has 0 bridgehead atoms. The molecule has 4 rings (SSSR count). The van der Waals surface area contributed by atoms with Crippen LogP contribution in [0.5, 0.6) is 0 Å². The molecule has 126 valence electrons. The quantitative estimate of drug-likeness (QED) is 0.774. The van der Waals surface area contributed by atoms with Crippen LogP contribution < -0.4 is 10.6 Å². The predicted octanol–water partition coefficient (Wildman–Crippen LogP) is 2.99. The maximum atomic E-state index is 13.8. The molecule has 2 N–H and O–H groups in total. The molecular formula is C20H18FN3O. The first-order valence-electron chi connectivity index (χ1n) is 8.32. The predicted molar refractivity (Wildman–Crippen MR) is 94.9 cm³/mol. The molecule has 0 radical (unpaired) electrons. The Kier molecular flexibility index (Phi) is 4.15. The van der Waals surface area contributed by atoms with Gasteiger partial charge in [0.1, 0.15) is 5.82 Å². The number of hydrogen-bond acceptors (Lipinski definition) is 3. The van der Waals surface area contributed by atoms with Gasteiger partial charge in [-0.2, -0.15) is 0 Å². The van der Waals surface area contributed by atoms with Crippen molar-refractivity contribution in [3.05, 3.63) is 77.4 Å². The minimum atomic E-state index is -0.423. The van der Waals surface area contributed by atoms with E-state index in [1.807, 2.05) is 12.1 Å². The molecule has 1 aromatic heterocycles. The van der Waals surface area contributed by atoms with Gasteiger partial charge in [-0.1, -0.05) is 24.3 Å². The summed E-state index contributed by atoms with van der Waals surface area (Å²) in [5.41, 5.74) is 2.83. The van der Waals surface area contributed by atoms with Crippen LogP contribution in [-0.4, -0.2) is 24.0 Å². The molecule has 1 unspecified atom stereocenters. The lowest BCUT2D eigenvalue weighted by Crippen LogP contribution is -2.36. The second-order valence-corrected chi connectivity index (χ2v) is 6.29. The molecule has 1 aliphatic heterocycles. The largest absolute Gasteiger partial charge is 0.351 e. The highest BCUT2D eigenvalue weighted by atomic mass is 19.1. The number of amides is 1. The van der Waals surface area contributed by atoms with E-state index < -0.39 is 5.82 Å². The van der Waals surface area contributed by atoms with Gasteiger partial charge in [-0.05, 0) is 34.7 Å². The number of nitrogens with zero attached hydrogens (tertiary/aromatic N) is 1. The summed E-state index contributed by atoms with van der Waals surface area (Å²) in [5, 5.41) is 7.65. The maximum absolute atomic E-state index is 13.8. The van der Waals surface area contributed by atoms with E-state index in [1.165, 1.54) is 23.3 Å². The summed E-state index contributed by atoms with van der Waals surface area (Å²) in [5.74, 6) is -0.499. The minimum absolute atomic E-state index is 0.201. The lowest BCUT2D eigenvalue weighted by molar-refractivity contribution is 0.0952. The molecule has 0 saturated carbocycles. The molecule has 4 nitrogen and oxygen atoms in total. The van der Waals surface area contributed by atoms with Gasteiger partial charge in [0, 0.05) is 43.3 Å². The Labute approximate surface area is 145 Å². The molecule has 1 atom stereocenters. The van der Waals surface area contributed by atoms with Gasteiger partial charge in [0.25, 0.3) is 5.91 Å². The summed E-state index contributed by atoms with van der Waals surface area (Å²) in [7, 11) is 0. The number of benzene rings is 2. The van der Waals surface area contributed by atoms with Crippen molar-refractivity contribution in [2.75, 3.05) is 13.1 Å². The van der Waals surface area contributed by atoms with Gasteiger partial charge >= 0.3 is 0 Å². The SMILES string of the molecule is O=C(NCC1CNCc2ccccc21)c1cc(F)cc2ccncc12. The van der Waals surface area contributed by atoms with Crippen LogP contribution in [0, 0.1) is 5.82 Å². The van der Waals surface area contributed by atoms with Crippen molar-refractivity contribution in [3.63, 3.8) is 0 Å². The molecule has 25 heavy (non-hydrogen) atoms. The van der Waals surface area contributed by atoms with Crippen molar-refractivity contribution in [1.82, 2.24) is 15.6 Å². The normalized spacial score (nSPS) is 16.4. The fourth-order valence-corrected chi connectivity index (χ4v) is 3.43. The van der Waals surface area contributed by atoms with E-state index in [4.69, 9.17) is 0 Å². The third-order valence-electron chi connectivity index (χ3n) is 4.68. The fraction of sp³-hybridized carbons (Fsp3) is 0.200. The zero-order chi connectivity index (χ0) is 17.2. The first-order chi connectivity index (χ1) is 12.2. The summed E-state index contributed by atoms with van der Waals surface area (Å²) in [4.78, 5) is 16.7. The summed E-state index contributed by atoms with van der Waals surface area (Å²) in [6.45, 7) is 2.16. The van der Waals surface area contributed by atoms with E-state index in [-0.39, 0.29) is 11.8 Å². The van der Waals surface area contributed by atoms with E-state index in [0.717, 1.165) is 13.1 Å². The fourth-order valence-electron chi connectivity index (χ4n) is 3.43. The van der Waals surface area contributed by atoms with Crippen LogP contribution in [0.3, 0.4) is 0 Å². The van der Waals surface area contributed by atoms with Gasteiger partial charge in [0.2, 0.25) is 0 Å². The Balaban J connectivity index is 1.56. The third-order valence-corrected chi connectivity index (χ3v) is 4.68. The van der Waals surface area contributed by atoms with Crippen LogP contribution in [0.1, 0.15) is 27.4 Å². The number of pyridine rings is 1. The Morgan fingerprint density at radius 2 is 2.16 bits per heavy atom. The number of aromatic nitrogens is 1. The first-order valence-corrected chi connectivity index (χ1v) is 8.32. The third kappa shape index (κ3) is 3.10. The lowest BCUT2D eigenvalue weighted by atomic mass is 9.91. The van der Waals surface area contributed by atoms with Crippen molar-refractivity contribution >= 4 is 16.7 Å². The molecule has 2 heterocycles. The Morgan fingerprint density at radius 3 is 3.08 bits per heavy atom. The van der Waals surface area contributed by atoms with Crippen LogP contribution in [0.15, 0.2) is 54.9 Å². The zero-order valence-corrected chi connectivity index (χ0v) is 13.6. The number of carbonyl (C=O) groups excluding carboxylic acids is 1. The van der Waals surface area contributed by atoms with Crippen LogP contribution >= 0.6 is 0 Å². The van der Waals surface area contributed by atoms with Crippen LogP contribution in [0.25, 0.3) is 10.8 Å². The molecule has 0 spiro atoms. The minimum Gasteiger partial charge on any atom is -0.351 e.